The van der Waals surface area contributed by atoms with E-state index in [4.69, 9.17) is 9.15 Å². The minimum atomic E-state index is -0.770. The molecular weight excluding hydrogens is 299 g/mol. The summed E-state index contributed by atoms with van der Waals surface area (Å²) in [5.74, 6) is -1.36. The molecule has 0 spiro atoms. The summed E-state index contributed by atoms with van der Waals surface area (Å²) in [6.07, 6.45) is 0. The Morgan fingerprint density at radius 3 is 2.78 bits per heavy atom. The monoisotopic (exact) mass is 312 g/mol. The van der Waals surface area contributed by atoms with Gasteiger partial charge in [0.2, 0.25) is 5.76 Å². The standard InChI is InChI=1S/C18H13FO4/c1-11-5-6-16-14(7-11)15(20)9-17(23-16)18(21)22-10-12-3-2-4-13(19)8-12/h2-9H,10H2,1H3. The Kier molecular flexibility index (Phi) is 3.93. The van der Waals surface area contributed by atoms with Crippen LogP contribution < -0.4 is 5.43 Å². The zero-order valence-electron chi connectivity index (χ0n) is 12.3. The van der Waals surface area contributed by atoms with Crippen molar-refractivity contribution < 1.29 is 18.3 Å². The zero-order valence-corrected chi connectivity index (χ0v) is 12.3. The fraction of sp³-hybridized carbons (Fsp3) is 0.111. The second kappa shape index (κ2) is 6.04. The van der Waals surface area contributed by atoms with Gasteiger partial charge in [0.05, 0.1) is 5.39 Å². The molecule has 116 valence electrons. The summed E-state index contributed by atoms with van der Waals surface area (Å²) < 4.78 is 23.6. The van der Waals surface area contributed by atoms with Gasteiger partial charge >= 0.3 is 5.97 Å². The van der Waals surface area contributed by atoms with E-state index in [0.29, 0.717) is 16.5 Å². The van der Waals surface area contributed by atoms with Gasteiger partial charge in [-0.1, -0.05) is 23.8 Å². The van der Waals surface area contributed by atoms with Crippen LogP contribution in [0.1, 0.15) is 21.7 Å². The van der Waals surface area contributed by atoms with Gasteiger partial charge in [-0.05, 0) is 36.8 Å². The number of benzene rings is 2. The summed E-state index contributed by atoms with van der Waals surface area (Å²) in [7, 11) is 0. The molecule has 0 unspecified atom stereocenters. The first-order valence-electron chi connectivity index (χ1n) is 6.99. The maximum Gasteiger partial charge on any atom is 0.374 e. The van der Waals surface area contributed by atoms with E-state index in [2.05, 4.69) is 0 Å². The largest absolute Gasteiger partial charge is 0.455 e. The summed E-state index contributed by atoms with van der Waals surface area (Å²) in [5.41, 5.74) is 1.44. The number of rotatable bonds is 3. The third kappa shape index (κ3) is 3.29. The topological polar surface area (TPSA) is 56.5 Å². The van der Waals surface area contributed by atoms with Gasteiger partial charge in [0, 0.05) is 6.07 Å². The number of carbonyl (C=O) groups is 1. The van der Waals surface area contributed by atoms with Crippen LogP contribution in [0, 0.1) is 12.7 Å². The molecule has 0 aliphatic carbocycles. The number of ether oxygens (including phenoxy) is 1. The van der Waals surface area contributed by atoms with Crippen LogP contribution in [0.5, 0.6) is 0 Å². The highest BCUT2D eigenvalue weighted by molar-refractivity contribution is 5.89. The maximum absolute atomic E-state index is 13.1. The van der Waals surface area contributed by atoms with Crippen LogP contribution >= 0.6 is 0 Å². The van der Waals surface area contributed by atoms with Crippen molar-refractivity contribution in [2.24, 2.45) is 0 Å². The molecule has 0 amide bonds. The molecular formula is C18H13FO4. The van der Waals surface area contributed by atoms with Crippen molar-refractivity contribution in [3.63, 3.8) is 0 Å². The maximum atomic E-state index is 13.1. The van der Waals surface area contributed by atoms with Gasteiger partial charge in [0.25, 0.3) is 0 Å². The number of esters is 1. The van der Waals surface area contributed by atoms with Gasteiger partial charge in [0.1, 0.15) is 18.0 Å². The third-order valence-electron chi connectivity index (χ3n) is 3.34. The molecule has 0 bridgehead atoms. The molecule has 0 atom stereocenters. The number of carbonyl (C=O) groups excluding carboxylic acids is 1. The van der Waals surface area contributed by atoms with Gasteiger partial charge in [0.15, 0.2) is 5.43 Å². The van der Waals surface area contributed by atoms with Gasteiger partial charge in [-0.3, -0.25) is 4.79 Å². The molecule has 5 heteroatoms. The molecule has 3 rings (SSSR count). The van der Waals surface area contributed by atoms with E-state index in [1.165, 1.54) is 18.2 Å². The lowest BCUT2D eigenvalue weighted by Gasteiger charge is -2.05. The van der Waals surface area contributed by atoms with Crippen LogP contribution in [-0.2, 0) is 11.3 Å². The lowest BCUT2D eigenvalue weighted by molar-refractivity contribution is 0.0436. The average Bonchev–Trinajstić information content (AvgIpc) is 2.53. The van der Waals surface area contributed by atoms with E-state index in [9.17, 15) is 14.0 Å². The molecule has 0 saturated heterocycles. The van der Waals surface area contributed by atoms with E-state index >= 15 is 0 Å². The van der Waals surface area contributed by atoms with Crippen molar-refractivity contribution >= 4 is 16.9 Å². The first-order chi connectivity index (χ1) is 11.0. The fourth-order valence-corrected chi connectivity index (χ4v) is 2.22. The number of fused-ring (bicyclic) bond motifs is 1. The van der Waals surface area contributed by atoms with Gasteiger partial charge in [-0.25, -0.2) is 9.18 Å². The van der Waals surface area contributed by atoms with E-state index in [1.807, 2.05) is 6.92 Å². The van der Waals surface area contributed by atoms with Crippen LogP contribution in [0.15, 0.2) is 57.7 Å². The normalized spacial score (nSPS) is 10.7. The summed E-state index contributed by atoms with van der Waals surface area (Å²) in [5, 5.41) is 0.409. The Labute approximate surface area is 131 Å². The predicted octanol–water partition coefficient (Wildman–Crippen LogP) is 3.60. The molecule has 1 aromatic heterocycles. The Balaban J connectivity index is 1.83. The molecule has 23 heavy (non-hydrogen) atoms. The lowest BCUT2D eigenvalue weighted by atomic mass is 10.1. The number of hydrogen-bond donors (Lipinski definition) is 0. The first-order valence-corrected chi connectivity index (χ1v) is 6.99. The summed E-state index contributed by atoms with van der Waals surface area (Å²) in [6.45, 7) is 1.76. The summed E-state index contributed by atoms with van der Waals surface area (Å²) in [6, 6.07) is 12.0. The number of halogens is 1. The Morgan fingerprint density at radius 1 is 1.17 bits per heavy atom. The second-order valence-corrected chi connectivity index (χ2v) is 5.18. The highest BCUT2D eigenvalue weighted by Gasteiger charge is 2.14. The van der Waals surface area contributed by atoms with Crippen LogP contribution in [0.2, 0.25) is 0 Å². The smallest absolute Gasteiger partial charge is 0.374 e. The van der Waals surface area contributed by atoms with E-state index in [0.717, 1.165) is 11.6 Å². The fourth-order valence-electron chi connectivity index (χ4n) is 2.22. The van der Waals surface area contributed by atoms with Crippen LogP contribution in [-0.4, -0.2) is 5.97 Å². The quantitative estimate of drug-likeness (QED) is 0.693. The van der Waals surface area contributed by atoms with Gasteiger partial charge < -0.3 is 9.15 Å². The first kappa shape index (κ1) is 15.0. The molecule has 3 aromatic rings. The van der Waals surface area contributed by atoms with E-state index < -0.39 is 11.8 Å². The molecule has 4 nitrogen and oxygen atoms in total. The molecule has 0 aliphatic rings. The Bertz CT molecular complexity index is 943. The average molecular weight is 312 g/mol. The predicted molar refractivity (Wildman–Crippen MR) is 82.7 cm³/mol. The summed E-state index contributed by atoms with van der Waals surface area (Å²) in [4.78, 5) is 24.1. The van der Waals surface area contributed by atoms with Gasteiger partial charge in [-0.2, -0.15) is 0 Å². The van der Waals surface area contributed by atoms with Crippen molar-refractivity contribution in [2.45, 2.75) is 13.5 Å². The van der Waals surface area contributed by atoms with Crippen LogP contribution in [0.25, 0.3) is 11.0 Å². The molecule has 1 heterocycles. The third-order valence-corrected chi connectivity index (χ3v) is 3.34. The van der Waals surface area contributed by atoms with Gasteiger partial charge in [-0.15, -0.1) is 0 Å². The van der Waals surface area contributed by atoms with E-state index in [-0.39, 0.29) is 17.8 Å². The second-order valence-electron chi connectivity index (χ2n) is 5.18. The Hall–Kier alpha value is -2.95. The minimum absolute atomic E-state index is 0.105. The van der Waals surface area contributed by atoms with Crippen molar-refractivity contribution in [2.75, 3.05) is 0 Å². The highest BCUT2D eigenvalue weighted by atomic mass is 19.1. The highest BCUT2D eigenvalue weighted by Crippen LogP contribution is 2.15. The molecule has 2 aromatic carbocycles. The SMILES string of the molecule is Cc1ccc2oc(C(=O)OCc3cccc(F)c3)cc(=O)c2c1. The lowest BCUT2D eigenvalue weighted by Crippen LogP contribution is -2.10. The molecule has 0 fully saturated rings. The van der Waals surface area contributed by atoms with E-state index in [1.54, 1.807) is 24.3 Å². The molecule has 0 saturated carbocycles. The number of hydrogen-bond acceptors (Lipinski definition) is 4. The molecule has 0 aliphatic heterocycles. The molecule has 0 radical (unpaired) electrons. The molecule has 0 N–H and O–H groups in total. The number of aryl methyl sites for hydroxylation is 1. The van der Waals surface area contributed by atoms with Crippen LogP contribution in [0.4, 0.5) is 4.39 Å². The Morgan fingerprint density at radius 2 is 2.00 bits per heavy atom. The van der Waals surface area contributed by atoms with Crippen molar-refractivity contribution in [3.05, 3.63) is 81.5 Å². The van der Waals surface area contributed by atoms with Crippen molar-refractivity contribution in [3.8, 4) is 0 Å². The van der Waals surface area contributed by atoms with Crippen molar-refractivity contribution in [1.29, 1.82) is 0 Å². The van der Waals surface area contributed by atoms with Crippen LogP contribution in [0.3, 0.4) is 0 Å². The van der Waals surface area contributed by atoms with Crippen molar-refractivity contribution in [1.82, 2.24) is 0 Å². The summed E-state index contributed by atoms with van der Waals surface area (Å²) >= 11 is 0. The minimum Gasteiger partial charge on any atom is -0.455 e. The zero-order chi connectivity index (χ0) is 16.4.